The number of carbonyl (C=O) groups is 6. The molecule has 4 aromatic carbocycles. The van der Waals surface area contributed by atoms with Crippen LogP contribution >= 0.6 is 12.6 Å². The number of nitrogens with two attached hydrogens (primary N) is 2. The number of halogens is 4. The van der Waals surface area contributed by atoms with Gasteiger partial charge in [0.25, 0.3) is 0 Å². The minimum absolute atomic E-state index is 0. The van der Waals surface area contributed by atoms with Gasteiger partial charge in [0.2, 0.25) is 36.0 Å². The van der Waals surface area contributed by atoms with Crippen LogP contribution in [0.25, 0.3) is 22.3 Å². The van der Waals surface area contributed by atoms with Gasteiger partial charge in [0.05, 0.1) is 65.0 Å². The van der Waals surface area contributed by atoms with Crippen molar-refractivity contribution in [2.45, 2.75) is 123 Å². The number of methoxy groups -OCH3 is 4. The van der Waals surface area contributed by atoms with Crippen LogP contribution in [0, 0.1) is 23.3 Å². The van der Waals surface area contributed by atoms with Crippen molar-refractivity contribution in [3.63, 3.8) is 0 Å². The third-order valence-corrected chi connectivity index (χ3v) is 21.6. The van der Waals surface area contributed by atoms with Gasteiger partial charge in [0.1, 0.15) is 34.4 Å². The monoisotopic (exact) mass is 1650 g/mol. The van der Waals surface area contributed by atoms with Gasteiger partial charge in [-0.2, -0.15) is 12.6 Å². The van der Waals surface area contributed by atoms with Crippen molar-refractivity contribution in [2.24, 2.45) is 11.5 Å². The van der Waals surface area contributed by atoms with Crippen molar-refractivity contribution in [1.29, 1.82) is 0 Å². The standard InChI is InChI=1S/C25H31F2N3O5S.C15H13F2NO2.C11H22N2O4S.C10H20N2O4S.C7H16N2.C4H8O2S.CH4.Na.H2O/c1-35-25(32)24-20(6-5-7-21(24)26)18-8-9-19(22(27)16-18)17-28-23(31)10-15-36(33,34)29-11-14-30-12-3-2-4-13-30;1-20-15(19)14-11(3-2-4-12(14)16)9-5-6-10(8-18)13(17)7-9;1-17-11(14)5-10-18(15,16)12-6-9-13-7-3-2-4-8-13;13-10(14)4-9-17(15,16)11-5-8-12-6-2-1-3-7-12;8-4-7-9-5-2-1-3-6-9;1-6-4(5)2-3-7;;;/h5-9,16,29H,2-4,10-15,17H2,1H3,(H,28,31);2-7H,8,18H2,1H3;12H,2-10H2,1H3;11H,1-9H2,(H,13,14);1-8H2;7H,2-3H2,1H3;1H4;;1H2/q;;;;;;;+1;/p-1. The van der Waals surface area contributed by atoms with Gasteiger partial charge in [-0.05, 0) is 150 Å². The Balaban J connectivity index is 0.00000139. The van der Waals surface area contributed by atoms with E-state index >= 15 is 0 Å². The van der Waals surface area contributed by atoms with Crippen molar-refractivity contribution in [3.8, 4) is 22.3 Å². The normalized spacial score (nSPS) is 14.6. The van der Waals surface area contributed by atoms with E-state index in [-0.39, 0.29) is 131 Å². The second-order valence-corrected chi connectivity index (χ2v) is 31.4. The molecule has 4 heterocycles. The number of piperidine rings is 4. The number of nitrogens with zero attached hydrogens (tertiary/aromatic N) is 4. The van der Waals surface area contributed by atoms with Gasteiger partial charge in [0.15, 0.2) is 0 Å². The number of sulfonamides is 3. The Morgan fingerprint density at radius 3 is 1.14 bits per heavy atom. The van der Waals surface area contributed by atoms with Gasteiger partial charge in [-0.25, -0.2) is 66.6 Å². The maximum absolute atomic E-state index is 14.7. The first-order chi connectivity index (χ1) is 51.0. The summed E-state index contributed by atoms with van der Waals surface area (Å²) in [5.41, 5.74) is 11.9. The molecular weight excluding hydrogens is 1530 g/mol. The first kappa shape index (κ1) is 104. The number of thiol groups is 1. The van der Waals surface area contributed by atoms with Crippen LogP contribution in [0.1, 0.15) is 142 Å². The molecule has 10 N–H and O–H groups in total. The molecule has 0 aromatic heterocycles. The van der Waals surface area contributed by atoms with E-state index in [9.17, 15) is 71.6 Å². The molecule has 0 unspecified atom stereocenters. The van der Waals surface area contributed by atoms with Gasteiger partial charge in [-0.3, -0.25) is 19.2 Å². The number of carboxylic acid groups (broad SMARTS) is 1. The molecule has 4 aliphatic rings. The van der Waals surface area contributed by atoms with E-state index in [4.69, 9.17) is 16.6 Å². The second kappa shape index (κ2) is 58.1. The molecule has 0 aliphatic carbocycles. The quantitative estimate of drug-likeness (QED) is 0.0113. The van der Waals surface area contributed by atoms with E-state index in [1.54, 1.807) is 6.07 Å². The minimum Gasteiger partial charge on any atom is -0.870 e. The fourth-order valence-electron chi connectivity index (χ4n) is 11.3. The number of carboxylic acids is 1. The summed E-state index contributed by atoms with van der Waals surface area (Å²) in [5.74, 6) is -7.02. The van der Waals surface area contributed by atoms with Gasteiger partial charge in [-0.15, -0.1) is 0 Å². The minimum atomic E-state index is -3.60. The number of carbonyl (C=O) groups excluding carboxylic acids is 5. The van der Waals surface area contributed by atoms with Crippen molar-refractivity contribution >= 4 is 78.5 Å². The smallest absolute Gasteiger partial charge is 0.870 e. The Bertz CT molecular complexity index is 3730. The number of esters is 4. The Morgan fingerprint density at radius 1 is 0.473 bits per heavy atom. The number of ether oxygens (including phenoxy) is 4. The SMILES string of the molecule is C.COC(=O)CCS.COC(=O)CCS(=O)(=O)NCCN1CCCCC1.COC(=O)c1c(F)cccc1-c1ccc(CN)c(F)c1.COC(=O)c1c(F)cccc1-c1ccc(CNC(=O)CCS(=O)(=O)NCCN2CCCCC2)c(F)c1.NCCN1CCCCC1.O=C(O)CCS(=O)(=O)NCCN1CCCCC1.[Na+].[OH-]. The molecule has 4 aromatic rings. The van der Waals surface area contributed by atoms with E-state index < -0.39 is 83.1 Å². The molecule has 4 aliphatic heterocycles. The molecule has 8 rings (SSSR count). The number of nitrogens with one attached hydrogen (secondary N) is 4. The second-order valence-electron chi connectivity index (χ2n) is 25.2. The van der Waals surface area contributed by atoms with Crippen LogP contribution in [0.2, 0.25) is 0 Å². The number of rotatable bonds is 32. The Kier molecular flexibility index (Phi) is 55.1. The average Bonchev–Trinajstić information content (AvgIpc) is 0.807. The van der Waals surface area contributed by atoms with Gasteiger partial charge in [-0.1, -0.05) is 81.6 Å². The summed E-state index contributed by atoms with van der Waals surface area (Å²) in [6.07, 6.45) is 14.5. The zero-order valence-electron chi connectivity index (χ0n) is 63.4. The summed E-state index contributed by atoms with van der Waals surface area (Å²) in [4.78, 5) is 76.2. The van der Waals surface area contributed by atoms with Crippen LogP contribution < -0.4 is 60.5 Å². The van der Waals surface area contributed by atoms with Crippen LogP contribution in [-0.4, -0.2) is 247 Å². The topological polar surface area (TPSA) is 405 Å². The first-order valence-corrected chi connectivity index (χ1v) is 41.4. The maximum atomic E-state index is 14.7. The van der Waals surface area contributed by atoms with Crippen molar-refractivity contribution in [2.75, 3.05) is 156 Å². The molecule has 0 spiro atoms. The summed E-state index contributed by atoms with van der Waals surface area (Å²) in [6.45, 7) is 13.6. The summed E-state index contributed by atoms with van der Waals surface area (Å²) in [7, 11) is -5.50. The fourth-order valence-corrected chi connectivity index (χ4v) is 14.5. The number of amides is 1. The van der Waals surface area contributed by atoms with Crippen LogP contribution in [0.5, 0.6) is 0 Å². The summed E-state index contributed by atoms with van der Waals surface area (Å²) in [6, 6.07) is 16.5. The maximum Gasteiger partial charge on any atom is 1.00 e. The molecule has 0 bridgehead atoms. The summed E-state index contributed by atoms with van der Waals surface area (Å²) < 4.78 is 152. The number of hydrogen-bond donors (Lipinski definition) is 8. The molecule has 110 heavy (non-hydrogen) atoms. The summed E-state index contributed by atoms with van der Waals surface area (Å²) >= 11 is 3.81. The molecule has 28 nitrogen and oxygen atoms in total. The summed E-state index contributed by atoms with van der Waals surface area (Å²) in [5, 5.41) is 10.9. The van der Waals surface area contributed by atoms with Crippen molar-refractivity contribution in [1.82, 2.24) is 39.1 Å². The molecule has 0 atom stereocenters. The Hall–Kier alpha value is -5.78. The molecule has 1 amide bonds. The van der Waals surface area contributed by atoms with E-state index in [0.717, 1.165) is 104 Å². The average molecular weight is 1650 g/mol. The molecule has 37 heteroatoms. The van der Waals surface area contributed by atoms with E-state index in [2.05, 4.69) is 70.7 Å². The van der Waals surface area contributed by atoms with Crippen LogP contribution in [-0.2, 0) is 81.3 Å². The molecule has 4 fully saturated rings. The zero-order valence-corrected chi connectivity index (χ0v) is 68.7. The van der Waals surface area contributed by atoms with Crippen LogP contribution in [0.4, 0.5) is 17.6 Å². The fraction of sp³-hybridized carbons (Fsp3) is 0.589. The van der Waals surface area contributed by atoms with Crippen LogP contribution in [0.15, 0.2) is 72.8 Å². The largest absolute Gasteiger partial charge is 1.00 e. The predicted molar refractivity (Wildman–Crippen MR) is 414 cm³/mol. The van der Waals surface area contributed by atoms with Gasteiger partial charge < -0.3 is 65.9 Å². The van der Waals surface area contributed by atoms with Crippen molar-refractivity contribution < 1.29 is 131 Å². The Morgan fingerprint density at radius 2 is 0.818 bits per heavy atom. The van der Waals surface area contributed by atoms with Gasteiger partial charge in [0, 0.05) is 88.7 Å². The van der Waals surface area contributed by atoms with Gasteiger partial charge >= 0.3 is 59.4 Å². The molecule has 618 valence electrons. The number of aliphatic carboxylic acids is 1. The first-order valence-electron chi connectivity index (χ1n) is 35.8. The Labute approximate surface area is 675 Å². The number of benzene rings is 4. The van der Waals surface area contributed by atoms with Crippen molar-refractivity contribution in [3.05, 3.63) is 118 Å². The van der Waals surface area contributed by atoms with E-state index in [1.165, 1.54) is 140 Å². The van der Waals surface area contributed by atoms with E-state index in [1.807, 2.05) is 0 Å². The number of likely N-dealkylation sites (tertiary alicyclic amines) is 4. The third kappa shape index (κ3) is 42.9. The third-order valence-electron chi connectivity index (χ3n) is 17.2. The predicted octanol–water partition coefficient (Wildman–Crippen LogP) is 3.90. The molecule has 0 saturated carbocycles. The molecular formula is C73H115F4N10NaO18S4. The molecule has 4 saturated heterocycles. The van der Waals surface area contributed by atoms with Crippen LogP contribution in [0.3, 0.4) is 0 Å². The zero-order chi connectivity index (χ0) is 79.2. The number of hydrogen-bond acceptors (Lipinski definition) is 24. The van der Waals surface area contributed by atoms with E-state index in [0.29, 0.717) is 56.0 Å². The molecule has 0 radical (unpaired) electrons.